The van der Waals surface area contributed by atoms with Gasteiger partial charge in [0.2, 0.25) is 5.91 Å². The van der Waals surface area contributed by atoms with Crippen molar-refractivity contribution in [2.45, 2.75) is 12.1 Å². The van der Waals surface area contributed by atoms with Gasteiger partial charge in [-0.25, -0.2) is 0 Å². The highest BCUT2D eigenvalue weighted by Crippen LogP contribution is 2.32. The van der Waals surface area contributed by atoms with Crippen molar-refractivity contribution in [1.82, 2.24) is 19.7 Å². The van der Waals surface area contributed by atoms with Gasteiger partial charge < -0.3 is 14.5 Å². The summed E-state index contributed by atoms with van der Waals surface area (Å²) >= 11 is 13.9. The fourth-order valence-corrected chi connectivity index (χ4v) is 5.48. The average Bonchev–Trinajstić information content (AvgIpc) is 3.37. The third-order valence-electron chi connectivity index (χ3n) is 6.50. The number of benzene rings is 3. The van der Waals surface area contributed by atoms with Gasteiger partial charge in [-0.1, -0.05) is 64.8 Å². The topological polar surface area (TPSA) is 63.5 Å². The molecule has 1 saturated heterocycles. The van der Waals surface area contributed by atoms with Crippen LogP contribution in [-0.4, -0.2) is 64.6 Å². The number of hydrogen-bond acceptors (Lipinski definition) is 6. The van der Waals surface area contributed by atoms with E-state index in [1.807, 2.05) is 71.0 Å². The molecule has 10 heteroatoms. The summed E-state index contributed by atoms with van der Waals surface area (Å²) in [5.41, 5.74) is 3.98. The van der Waals surface area contributed by atoms with Crippen LogP contribution in [0.1, 0.15) is 5.56 Å². The number of aromatic nitrogens is 3. The molecule has 4 aromatic rings. The smallest absolute Gasteiger partial charge is 0.233 e. The van der Waals surface area contributed by atoms with Crippen molar-refractivity contribution in [2.75, 3.05) is 43.9 Å². The first kappa shape index (κ1) is 26.4. The lowest BCUT2D eigenvalue weighted by Crippen LogP contribution is -2.49. The highest BCUT2D eigenvalue weighted by Gasteiger charge is 2.23. The molecular weight excluding hydrogens is 541 g/mol. The Kier molecular flexibility index (Phi) is 8.12. The van der Waals surface area contributed by atoms with Crippen LogP contribution in [0.3, 0.4) is 0 Å². The lowest BCUT2D eigenvalue weighted by atomic mass is 10.1. The molecule has 0 aliphatic carbocycles. The molecule has 0 N–H and O–H groups in total. The molecule has 1 aromatic heterocycles. The lowest BCUT2D eigenvalue weighted by molar-refractivity contribution is -0.128. The number of thioether (sulfide) groups is 1. The van der Waals surface area contributed by atoms with Gasteiger partial charge in [-0.15, -0.1) is 10.2 Å². The molecule has 1 aliphatic rings. The molecule has 0 bridgehead atoms. The Labute approximate surface area is 236 Å². The molecule has 0 radical (unpaired) electrons. The zero-order valence-corrected chi connectivity index (χ0v) is 23.4. The molecule has 0 atom stereocenters. The molecule has 0 unspecified atom stereocenters. The Hall–Kier alpha value is -3.20. The van der Waals surface area contributed by atoms with E-state index < -0.39 is 0 Å². The van der Waals surface area contributed by atoms with E-state index in [2.05, 4.69) is 15.1 Å². The highest BCUT2D eigenvalue weighted by molar-refractivity contribution is 7.99. The summed E-state index contributed by atoms with van der Waals surface area (Å²) in [5.74, 6) is 1.84. The van der Waals surface area contributed by atoms with Crippen molar-refractivity contribution in [3.05, 3.63) is 82.3 Å². The van der Waals surface area contributed by atoms with Crippen LogP contribution in [-0.2, 0) is 4.79 Å². The summed E-state index contributed by atoms with van der Waals surface area (Å²) in [6, 6.07) is 21.5. The maximum Gasteiger partial charge on any atom is 0.233 e. The standard InChI is InChI=1S/C28H27Cl2N5O2S/c1-19-3-5-20(6-4-19)27-31-32-28(35(27)22-9-12-24(29)25(30)17-22)38-18-26(36)34-15-13-33(14-16-34)21-7-10-23(37-2)11-8-21/h3-12,17H,13-16,18H2,1-2H3. The van der Waals surface area contributed by atoms with Crippen molar-refractivity contribution in [3.8, 4) is 22.8 Å². The van der Waals surface area contributed by atoms with E-state index in [0.717, 1.165) is 41.3 Å². The van der Waals surface area contributed by atoms with E-state index in [1.165, 1.54) is 11.8 Å². The van der Waals surface area contributed by atoms with Crippen LogP contribution in [0.4, 0.5) is 5.69 Å². The molecule has 196 valence electrons. The van der Waals surface area contributed by atoms with Gasteiger partial charge in [0.25, 0.3) is 0 Å². The third kappa shape index (κ3) is 5.77. The van der Waals surface area contributed by atoms with E-state index >= 15 is 0 Å². The second kappa shape index (κ2) is 11.7. The number of halogens is 2. The molecule has 3 aromatic carbocycles. The zero-order valence-electron chi connectivity index (χ0n) is 21.1. The molecule has 0 saturated carbocycles. The number of rotatable bonds is 7. The first-order valence-corrected chi connectivity index (χ1v) is 13.9. The van der Waals surface area contributed by atoms with Gasteiger partial charge in [-0.2, -0.15) is 0 Å². The lowest BCUT2D eigenvalue weighted by Gasteiger charge is -2.36. The number of methoxy groups -OCH3 is 1. The molecule has 0 spiro atoms. The number of hydrogen-bond donors (Lipinski definition) is 0. The summed E-state index contributed by atoms with van der Waals surface area (Å²) in [4.78, 5) is 17.3. The Bertz CT molecular complexity index is 1420. The van der Waals surface area contributed by atoms with Crippen molar-refractivity contribution < 1.29 is 9.53 Å². The molecule has 2 heterocycles. The normalized spacial score (nSPS) is 13.6. The van der Waals surface area contributed by atoms with Crippen LogP contribution < -0.4 is 9.64 Å². The number of nitrogens with zero attached hydrogens (tertiary/aromatic N) is 5. The molecule has 1 amide bonds. The summed E-state index contributed by atoms with van der Waals surface area (Å²) < 4.78 is 7.17. The SMILES string of the molecule is COc1ccc(N2CCN(C(=O)CSc3nnc(-c4ccc(C)cc4)n3-c3ccc(Cl)c(Cl)c3)CC2)cc1. The minimum absolute atomic E-state index is 0.0740. The van der Waals surface area contributed by atoms with Crippen LogP contribution in [0.25, 0.3) is 17.1 Å². The number of carbonyl (C=O) groups excluding carboxylic acids is 1. The van der Waals surface area contributed by atoms with Gasteiger partial charge in [-0.3, -0.25) is 9.36 Å². The first-order chi connectivity index (χ1) is 18.4. The molecule has 7 nitrogen and oxygen atoms in total. The predicted molar refractivity (Wildman–Crippen MR) is 154 cm³/mol. The zero-order chi connectivity index (χ0) is 26.6. The van der Waals surface area contributed by atoms with Crippen LogP contribution >= 0.6 is 35.0 Å². The number of piperazine rings is 1. The van der Waals surface area contributed by atoms with Crippen LogP contribution in [0.15, 0.2) is 71.9 Å². The summed E-state index contributed by atoms with van der Waals surface area (Å²) in [5, 5.41) is 10.4. The van der Waals surface area contributed by atoms with Crippen molar-refractivity contribution in [1.29, 1.82) is 0 Å². The molecule has 1 aliphatic heterocycles. The second-order valence-electron chi connectivity index (χ2n) is 8.96. The van der Waals surface area contributed by atoms with Gasteiger partial charge in [-0.05, 0) is 49.4 Å². The monoisotopic (exact) mass is 567 g/mol. The second-order valence-corrected chi connectivity index (χ2v) is 10.7. The van der Waals surface area contributed by atoms with Gasteiger partial charge in [0, 0.05) is 37.4 Å². The minimum atomic E-state index is 0.0740. The van der Waals surface area contributed by atoms with E-state index in [4.69, 9.17) is 27.9 Å². The van der Waals surface area contributed by atoms with Gasteiger partial charge in [0.1, 0.15) is 5.75 Å². The Morgan fingerprint density at radius 3 is 2.24 bits per heavy atom. The maximum absolute atomic E-state index is 13.1. The number of aryl methyl sites for hydroxylation is 1. The minimum Gasteiger partial charge on any atom is -0.497 e. The van der Waals surface area contributed by atoms with Crippen LogP contribution in [0, 0.1) is 6.92 Å². The van der Waals surface area contributed by atoms with E-state index in [-0.39, 0.29) is 11.7 Å². The largest absolute Gasteiger partial charge is 0.497 e. The van der Waals surface area contributed by atoms with Crippen molar-refractivity contribution in [2.24, 2.45) is 0 Å². The van der Waals surface area contributed by atoms with Crippen molar-refractivity contribution in [3.63, 3.8) is 0 Å². The van der Waals surface area contributed by atoms with Crippen molar-refractivity contribution >= 4 is 46.6 Å². The number of ether oxygens (including phenoxy) is 1. The summed E-state index contributed by atoms with van der Waals surface area (Å²) in [7, 11) is 1.66. The van der Waals surface area contributed by atoms with Crippen LogP contribution in [0.2, 0.25) is 10.0 Å². The number of anilines is 1. The first-order valence-electron chi connectivity index (χ1n) is 12.2. The summed E-state index contributed by atoms with van der Waals surface area (Å²) in [6.07, 6.45) is 0. The Morgan fingerprint density at radius 2 is 1.58 bits per heavy atom. The number of amides is 1. The average molecular weight is 569 g/mol. The van der Waals surface area contributed by atoms with Gasteiger partial charge in [0.05, 0.1) is 28.6 Å². The molecule has 5 rings (SSSR count). The Morgan fingerprint density at radius 1 is 0.895 bits per heavy atom. The molecule has 1 fully saturated rings. The maximum atomic E-state index is 13.1. The van der Waals surface area contributed by atoms with Gasteiger partial charge in [0.15, 0.2) is 11.0 Å². The quantitative estimate of drug-likeness (QED) is 0.255. The fraction of sp³-hybridized carbons (Fsp3) is 0.250. The van der Waals surface area contributed by atoms with E-state index in [1.54, 1.807) is 19.2 Å². The third-order valence-corrected chi connectivity index (χ3v) is 8.15. The fourth-order valence-electron chi connectivity index (χ4n) is 4.33. The molecule has 38 heavy (non-hydrogen) atoms. The molecular formula is C28H27Cl2N5O2S. The van der Waals surface area contributed by atoms with E-state index in [0.29, 0.717) is 34.1 Å². The van der Waals surface area contributed by atoms with Crippen LogP contribution in [0.5, 0.6) is 5.75 Å². The predicted octanol–water partition coefficient (Wildman–Crippen LogP) is 6.00. The summed E-state index contributed by atoms with van der Waals surface area (Å²) in [6.45, 7) is 4.93. The number of carbonyl (C=O) groups is 1. The van der Waals surface area contributed by atoms with Gasteiger partial charge >= 0.3 is 0 Å². The van der Waals surface area contributed by atoms with E-state index in [9.17, 15) is 4.79 Å². The highest BCUT2D eigenvalue weighted by atomic mass is 35.5. The Balaban J connectivity index is 1.29.